The molecule has 0 atom stereocenters. The molecule has 0 fully saturated rings. The zero-order chi connectivity index (χ0) is 16.8. The standard InChI is InChI=1S/C17H17N3O3S/c1-12-4-5-15(8-18-12)23-10-17-20-13(11-24-17)7-16(21)19-9-14-3-2-6-22-14/h2-6,8,11H,7,9-10H2,1H3,(H,19,21). The number of aryl methyl sites for hydroxylation is 1. The van der Waals surface area contributed by atoms with Gasteiger partial charge in [0.2, 0.25) is 5.91 Å². The van der Waals surface area contributed by atoms with Gasteiger partial charge < -0.3 is 14.5 Å². The summed E-state index contributed by atoms with van der Waals surface area (Å²) >= 11 is 1.47. The molecule has 1 N–H and O–H groups in total. The van der Waals surface area contributed by atoms with Crippen LogP contribution in [-0.2, 0) is 24.4 Å². The lowest BCUT2D eigenvalue weighted by atomic mass is 10.3. The number of amides is 1. The lowest BCUT2D eigenvalue weighted by molar-refractivity contribution is -0.120. The molecule has 124 valence electrons. The maximum absolute atomic E-state index is 11.9. The molecule has 0 aliphatic heterocycles. The van der Waals surface area contributed by atoms with Crippen molar-refractivity contribution in [1.82, 2.24) is 15.3 Å². The molecule has 6 nitrogen and oxygen atoms in total. The number of nitrogens with zero attached hydrogens (tertiary/aromatic N) is 2. The second kappa shape index (κ2) is 7.74. The second-order valence-electron chi connectivity index (χ2n) is 5.19. The lowest BCUT2D eigenvalue weighted by Crippen LogP contribution is -2.24. The Labute approximate surface area is 143 Å². The number of carbonyl (C=O) groups is 1. The number of hydrogen-bond donors (Lipinski definition) is 1. The van der Waals surface area contributed by atoms with E-state index in [9.17, 15) is 4.79 Å². The van der Waals surface area contributed by atoms with Crippen molar-refractivity contribution in [2.24, 2.45) is 0 Å². The summed E-state index contributed by atoms with van der Waals surface area (Å²) in [4.78, 5) is 20.5. The van der Waals surface area contributed by atoms with Gasteiger partial charge >= 0.3 is 0 Å². The molecule has 0 saturated carbocycles. The Balaban J connectivity index is 1.46. The largest absolute Gasteiger partial charge is 0.485 e. The number of ether oxygens (including phenoxy) is 1. The fraction of sp³-hybridized carbons (Fsp3) is 0.235. The van der Waals surface area contributed by atoms with Crippen molar-refractivity contribution in [2.75, 3.05) is 0 Å². The number of pyridine rings is 1. The van der Waals surface area contributed by atoms with Crippen LogP contribution in [0.4, 0.5) is 0 Å². The van der Waals surface area contributed by atoms with Crippen LogP contribution >= 0.6 is 11.3 Å². The molecule has 0 saturated heterocycles. The zero-order valence-corrected chi connectivity index (χ0v) is 14.0. The van der Waals surface area contributed by atoms with Gasteiger partial charge in [0.1, 0.15) is 23.1 Å². The Kier molecular flexibility index (Phi) is 5.22. The maximum Gasteiger partial charge on any atom is 0.226 e. The normalized spacial score (nSPS) is 10.5. The minimum absolute atomic E-state index is 0.0908. The van der Waals surface area contributed by atoms with Gasteiger partial charge in [-0.05, 0) is 31.2 Å². The Bertz CT molecular complexity index is 782. The van der Waals surface area contributed by atoms with Crippen LogP contribution in [0, 0.1) is 6.92 Å². The van der Waals surface area contributed by atoms with Crippen molar-refractivity contribution >= 4 is 17.2 Å². The molecule has 1 amide bonds. The smallest absolute Gasteiger partial charge is 0.226 e. The molecule has 0 aromatic carbocycles. The molecular weight excluding hydrogens is 326 g/mol. The molecule has 3 rings (SSSR count). The highest BCUT2D eigenvalue weighted by Gasteiger charge is 2.09. The van der Waals surface area contributed by atoms with Crippen molar-refractivity contribution in [3.05, 3.63) is 64.3 Å². The predicted molar refractivity (Wildman–Crippen MR) is 89.7 cm³/mol. The first-order valence-electron chi connectivity index (χ1n) is 7.47. The van der Waals surface area contributed by atoms with E-state index in [-0.39, 0.29) is 12.3 Å². The molecule has 0 aliphatic carbocycles. The maximum atomic E-state index is 11.9. The Hall–Kier alpha value is -2.67. The number of aromatic nitrogens is 2. The quantitative estimate of drug-likeness (QED) is 0.714. The molecule has 0 radical (unpaired) electrons. The van der Waals surface area contributed by atoms with Gasteiger partial charge in [-0.25, -0.2) is 4.98 Å². The van der Waals surface area contributed by atoms with E-state index in [1.807, 2.05) is 30.5 Å². The summed E-state index contributed by atoms with van der Waals surface area (Å²) < 4.78 is 10.8. The van der Waals surface area contributed by atoms with Crippen LogP contribution in [0.1, 0.15) is 22.2 Å². The molecule has 7 heteroatoms. The van der Waals surface area contributed by atoms with E-state index in [1.165, 1.54) is 11.3 Å². The average molecular weight is 343 g/mol. The van der Waals surface area contributed by atoms with Crippen LogP contribution < -0.4 is 10.1 Å². The minimum Gasteiger partial charge on any atom is -0.485 e. The number of thiazole rings is 1. The van der Waals surface area contributed by atoms with E-state index in [4.69, 9.17) is 9.15 Å². The van der Waals surface area contributed by atoms with Crippen LogP contribution in [-0.4, -0.2) is 15.9 Å². The van der Waals surface area contributed by atoms with E-state index in [2.05, 4.69) is 15.3 Å². The van der Waals surface area contributed by atoms with E-state index in [1.54, 1.807) is 18.5 Å². The average Bonchev–Trinajstić information content (AvgIpc) is 3.24. The summed E-state index contributed by atoms with van der Waals surface area (Å²) in [5.41, 5.74) is 1.68. The van der Waals surface area contributed by atoms with Gasteiger partial charge in [-0.1, -0.05) is 0 Å². The van der Waals surface area contributed by atoms with Crippen LogP contribution in [0.2, 0.25) is 0 Å². The first-order chi connectivity index (χ1) is 11.7. The number of hydrogen-bond acceptors (Lipinski definition) is 6. The van der Waals surface area contributed by atoms with Gasteiger partial charge in [0.25, 0.3) is 0 Å². The van der Waals surface area contributed by atoms with E-state index < -0.39 is 0 Å². The van der Waals surface area contributed by atoms with E-state index in [0.29, 0.717) is 18.9 Å². The molecule has 0 bridgehead atoms. The summed E-state index contributed by atoms with van der Waals surface area (Å²) in [5.74, 6) is 1.34. The highest BCUT2D eigenvalue weighted by atomic mass is 32.1. The summed E-state index contributed by atoms with van der Waals surface area (Å²) in [5, 5.41) is 5.50. The second-order valence-corrected chi connectivity index (χ2v) is 6.13. The first-order valence-corrected chi connectivity index (χ1v) is 8.35. The topological polar surface area (TPSA) is 77.2 Å². The molecule has 24 heavy (non-hydrogen) atoms. The first kappa shape index (κ1) is 16.2. The van der Waals surface area contributed by atoms with Crippen LogP contribution in [0.3, 0.4) is 0 Å². The molecule has 0 unspecified atom stereocenters. The van der Waals surface area contributed by atoms with Crippen LogP contribution in [0.5, 0.6) is 5.75 Å². The summed E-state index contributed by atoms with van der Waals surface area (Å²) in [6.07, 6.45) is 3.51. The van der Waals surface area contributed by atoms with Gasteiger partial charge in [0.05, 0.1) is 31.1 Å². The molecule has 3 aromatic heterocycles. The SMILES string of the molecule is Cc1ccc(OCc2nc(CC(=O)NCc3ccco3)cs2)cn1. The lowest BCUT2D eigenvalue weighted by Gasteiger charge is -2.03. The van der Waals surface area contributed by atoms with Crippen molar-refractivity contribution in [1.29, 1.82) is 0 Å². The van der Waals surface area contributed by atoms with Crippen molar-refractivity contribution in [3.63, 3.8) is 0 Å². The Morgan fingerprint density at radius 2 is 2.29 bits per heavy atom. The number of carbonyl (C=O) groups excluding carboxylic acids is 1. The Morgan fingerprint density at radius 3 is 3.04 bits per heavy atom. The fourth-order valence-electron chi connectivity index (χ4n) is 2.01. The van der Waals surface area contributed by atoms with Crippen LogP contribution in [0.15, 0.2) is 46.5 Å². The third-order valence-corrected chi connectivity index (χ3v) is 4.10. The molecule has 0 aliphatic rings. The van der Waals surface area contributed by atoms with Crippen molar-refractivity contribution in [2.45, 2.75) is 26.5 Å². The van der Waals surface area contributed by atoms with Crippen molar-refractivity contribution < 1.29 is 13.9 Å². The monoisotopic (exact) mass is 343 g/mol. The van der Waals surface area contributed by atoms with Crippen LogP contribution in [0.25, 0.3) is 0 Å². The molecule has 0 spiro atoms. The number of rotatable bonds is 7. The highest BCUT2D eigenvalue weighted by molar-refractivity contribution is 7.09. The summed E-state index contributed by atoms with van der Waals surface area (Å²) in [6.45, 7) is 2.67. The van der Waals surface area contributed by atoms with Gasteiger partial charge in [0, 0.05) is 11.1 Å². The third kappa shape index (κ3) is 4.66. The van der Waals surface area contributed by atoms with E-state index >= 15 is 0 Å². The molecular formula is C17H17N3O3S. The number of furan rings is 1. The van der Waals surface area contributed by atoms with Gasteiger partial charge in [-0.3, -0.25) is 9.78 Å². The fourth-order valence-corrected chi connectivity index (χ4v) is 2.71. The molecule has 3 aromatic rings. The van der Waals surface area contributed by atoms with Gasteiger partial charge in [0.15, 0.2) is 0 Å². The number of nitrogens with one attached hydrogen (secondary N) is 1. The zero-order valence-electron chi connectivity index (χ0n) is 13.2. The predicted octanol–water partition coefficient (Wildman–Crippen LogP) is 2.88. The summed E-state index contributed by atoms with van der Waals surface area (Å²) in [6, 6.07) is 7.38. The van der Waals surface area contributed by atoms with Crippen molar-refractivity contribution in [3.8, 4) is 5.75 Å². The third-order valence-electron chi connectivity index (χ3n) is 3.23. The highest BCUT2D eigenvalue weighted by Crippen LogP contribution is 2.15. The van der Waals surface area contributed by atoms with E-state index in [0.717, 1.165) is 22.2 Å². The summed E-state index contributed by atoms with van der Waals surface area (Å²) in [7, 11) is 0. The van der Waals surface area contributed by atoms with Gasteiger partial charge in [-0.15, -0.1) is 11.3 Å². The molecule has 3 heterocycles. The Morgan fingerprint density at radius 1 is 1.38 bits per heavy atom. The van der Waals surface area contributed by atoms with Gasteiger partial charge in [-0.2, -0.15) is 0 Å². The minimum atomic E-state index is -0.0908.